The van der Waals surface area contributed by atoms with Gasteiger partial charge >= 0.3 is 0 Å². The Morgan fingerprint density at radius 2 is 1.74 bits per heavy atom. The summed E-state index contributed by atoms with van der Waals surface area (Å²) in [7, 11) is -3.44. The SMILES string of the molecule is O=C(/C=C/c1ccc(Cl)cc1)Nc1nc(-c2ccc(S(=O)(=O)N3CCCC3)cc2)cs1. The monoisotopic (exact) mass is 473 g/mol. The van der Waals surface area contributed by atoms with Gasteiger partial charge in [0.05, 0.1) is 10.6 Å². The Bertz CT molecular complexity index is 1200. The van der Waals surface area contributed by atoms with E-state index in [-0.39, 0.29) is 10.8 Å². The molecular formula is C22H20ClN3O3S2. The molecule has 2 aromatic carbocycles. The van der Waals surface area contributed by atoms with Crippen LogP contribution in [0.2, 0.25) is 5.02 Å². The Labute approximate surface area is 190 Å². The number of sulfonamides is 1. The average Bonchev–Trinajstić information content (AvgIpc) is 3.46. The molecular weight excluding hydrogens is 454 g/mol. The molecule has 1 amide bonds. The van der Waals surface area contributed by atoms with Crippen LogP contribution in [0.15, 0.2) is 64.9 Å². The van der Waals surface area contributed by atoms with Crippen LogP contribution in [0.25, 0.3) is 17.3 Å². The molecule has 1 aromatic heterocycles. The highest BCUT2D eigenvalue weighted by atomic mass is 35.5. The molecule has 0 bridgehead atoms. The third kappa shape index (κ3) is 5.22. The molecule has 1 aliphatic rings. The molecule has 0 radical (unpaired) electrons. The number of thiazole rings is 1. The minimum atomic E-state index is -3.44. The lowest BCUT2D eigenvalue weighted by Crippen LogP contribution is -2.27. The highest BCUT2D eigenvalue weighted by molar-refractivity contribution is 7.89. The van der Waals surface area contributed by atoms with Crippen molar-refractivity contribution in [3.63, 3.8) is 0 Å². The maximum atomic E-state index is 12.6. The largest absolute Gasteiger partial charge is 0.298 e. The van der Waals surface area contributed by atoms with Gasteiger partial charge in [0.2, 0.25) is 15.9 Å². The summed E-state index contributed by atoms with van der Waals surface area (Å²) in [5.41, 5.74) is 2.32. The predicted octanol–water partition coefficient (Wildman–Crippen LogP) is 4.90. The number of nitrogens with one attached hydrogen (secondary N) is 1. The van der Waals surface area contributed by atoms with E-state index < -0.39 is 10.0 Å². The number of hydrogen-bond acceptors (Lipinski definition) is 5. The summed E-state index contributed by atoms with van der Waals surface area (Å²) >= 11 is 7.16. The van der Waals surface area contributed by atoms with Gasteiger partial charge in [0.25, 0.3) is 0 Å². The normalized spacial score (nSPS) is 14.9. The Kier molecular flexibility index (Phi) is 6.52. The van der Waals surface area contributed by atoms with E-state index >= 15 is 0 Å². The first kappa shape index (κ1) is 21.7. The third-order valence-corrected chi connectivity index (χ3v) is 7.81. The van der Waals surface area contributed by atoms with Crippen LogP contribution in [-0.4, -0.2) is 36.7 Å². The first-order valence-corrected chi connectivity index (χ1v) is 12.4. The highest BCUT2D eigenvalue weighted by Gasteiger charge is 2.27. The summed E-state index contributed by atoms with van der Waals surface area (Å²) in [6.07, 6.45) is 4.93. The second-order valence-electron chi connectivity index (χ2n) is 7.05. The molecule has 0 atom stereocenters. The smallest absolute Gasteiger partial charge is 0.250 e. The number of anilines is 1. The van der Waals surface area contributed by atoms with Crippen molar-refractivity contribution in [1.29, 1.82) is 0 Å². The quantitative estimate of drug-likeness (QED) is 0.516. The fraction of sp³-hybridized carbons (Fsp3) is 0.182. The molecule has 0 saturated carbocycles. The summed E-state index contributed by atoms with van der Waals surface area (Å²) < 4.78 is 26.8. The van der Waals surface area contributed by atoms with Crippen LogP contribution in [-0.2, 0) is 14.8 Å². The van der Waals surface area contributed by atoms with E-state index in [1.54, 1.807) is 42.5 Å². The molecule has 6 nitrogen and oxygen atoms in total. The highest BCUT2D eigenvalue weighted by Crippen LogP contribution is 2.27. The number of carbonyl (C=O) groups is 1. The summed E-state index contributed by atoms with van der Waals surface area (Å²) in [5.74, 6) is -0.289. The van der Waals surface area contributed by atoms with Crippen molar-refractivity contribution in [2.24, 2.45) is 0 Å². The topological polar surface area (TPSA) is 79.4 Å². The molecule has 9 heteroatoms. The summed E-state index contributed by atoms with van der Waals surface area (Å²) in [6.45, 7) is 1.15. The number of hydrogen-bond donors (Lipinski definition) is 1. The molecule has 2 heterocycles. The van der Waals surface area contributed by atoms with Gasteiger partial charge in [-0.1, -0.05) is 35.9 Å². The van der Waals surface area contributed by atoms with Crippen molar-refractivity contribution in [2.75, 3.05) is 18.4 Å². The van der Waals surface area contributed by atoms with Crippen molar-refractivity contribution in [3.8, 4) is 11.3 Å². The maximum absolute atomic E-state index is 12.6. The zero-order valence-corrected chi connectivity index (χ0v) is 18.9. The van der Waals surface area contributed by atoms with Gasteiger partial charge < -0.3 is 0 Å². The predicted molar refractivity (Wildman–Crippen MR) is 125 cm³/mol. The van der Waals surface area contributed by atoms with Crippen LogP contribution in [0.4, 0.5) is 5.13 Å². The molecule has 1 fully saturated rings. The number of amides is 1. The number of carbonyl (C=O) groups excluding carboxylic acids is 1. The van der Waals surface area contributed by atoms with Crippen LogP contribution in [0.1, 0.15) is 18.4 Å². The van der Waals surface area contributed by atoms with E-state index in [9.17, 15) is 13.2 Å². The molecule has 3 aromatic rings. The van der Waals surface area contributed by atoms with Gasteiger partial charge in [-0.2, -0.15) is 4.31 Å². The van der Waals surface area contributed by atoms with Crippen LogP contribution in [0.5, 0.6) is 0 Å². The van der Waals surface area contributed by atoms with Gasteiger partial charge in [0, 0.05) is 35.1 Å². The van der Waals surface area contributed by atoms with Gasteiger partial charge in [-0.05, 0) is 48.7 Å². The zero-order chi connectivity index (χ0) is 21.8. The van der Waals surface area contributed by atoms with Gasteiger partial charge in [0.1, 0.15) is 0 Å². The van der Waals surface area contributed by atoms with E-state index in [0.29, 0.717) is 28.9 Å². The van der Waals surface area contributed by atoms with Crippen molar-refractivity contribution in [1.82, 2.24) is 9.29 Å². The van der Waals surface area contributed by atoms with Gasteiger partial charge in [-0.15, -0.1) is 11.3 Å². The number of halogens is 1. The van der Waals surface area contributed by atoms with Crippen LogP contribution < -0.4 is 5.32 Å². The van der Waals surface area contributed by atoms with E-state index in [2.05, 4.69) is 10.3 Å². The molecule has 4 rings (SSSR count). The van der Waals surface area contributed by atoms with E-state index in [0.717, 1.165) is 24.0 Å². The third-order valence-electron chi connectivity index (χ3n) is 4.88. The zero-order valence-electron chi connectivity index (χ0n) is 16.5. The Morgan fingerprint density at radius 3 is 2.42 bits per heavy atom. The number of nitrogens with zero attached hydrogens (tertiary/aromatic N) is 2. The molecule has 1 aliphatic heterocycles. The molecule has 0 spiro atoms. The molecule has 1 saturated heterocycles. The second kappa shape index (κ2) is 9.32. The summed E-state index contributed by atoms with van der Waals surface area (Å²) in [4.78, 5) is 16.9. The summed E-state index contributed by atoms with van der Waals surface area (Å²) in [5, 5.41) is 5.67. The minimum Gasteiger partial charge on any atom is -0.298 e. The lowest BCUT2D eigenvalue weighted by Gasteiger charge is -2.15. The Balaban J connectivity index is 1.41. The fourth-order valence-corrected chi connectivity index (χ4v) is 5.60. The van der Waals surface area contributed by atoms with Crippen LogP contribution >= 0.6 is 22.9 Å². The molecule has 0 aliphatic carbocycles. The standard InChI is InChI=1S/C22H20ClN3O3S2/c23-18-8-3-16(4-9-18)5-12-21(27)25-22-24-20(15-30-22)17-6-10-19(11-7-17)31(28,29)26-13-1-2-14-26/h3-12,15H,1-2,13-14H2,(H,24,25,27)/b12-5+. The van der Waals surface area contributed by atoms with E-state index in [1.807, 2.05) is 17.5 Å². The van der Waals surface area contributed by atoms with Gasteiger partial charge in [-0.3, -0.25) is 10.1 Å². The van der Waals surface area contributed by atoms with Crippen molar-refractivity contribution in [3.05, 3.63) is 70.6 Å². The van der Waals surface area contributed by atoms with Crippen molar-refractivity contribution < 1.29 is 13.2 Å². The fourth-order valence-electron chi connectivity index (χ4n) is 3.23. The van der Waals surface area contributed by atoms with E-state index in [4.69, 9.17) is 11.6 Å². The minimum absolute atomic E-state index is 0.286. The van der Waals surface area contributed by atoms with Crippen molar-refractivity contribution >= 4 is 50.1 Å². The summed E-state index contributed by atoms with van der Waals surface area (Å²) in [6, 6.07) is 13.9. The number of aromatic nitrogens is 1. The molecule has 1 N–H and O–H groups in total. The molecule has 160 valence electrons. The molecule has 31 heavy (non-hydrogen) atoms. The van der Waals surface area contributed by atoms with Gasteiger partial charge in [0.15, 0.2) is 5.13 Å². The van der Waals surface area contributed by atoms with Gasteiger partial charge in [-0.25, -0.2) is 13.4 Å². The Morgan fingerprint density at radius 1 is 1.06 bits per heavy atom. The van der Waals surface area contributed by atoms with Crippen LogP contribution in [0.3, 0.4) is 0 Å². The number of benzene rings is 2. The first-order chi connectivity index (χ1) is 14.9. The maximum Gasteiger partial charge on any atom is 0.250 e. The lowest BCUT2D eigenvalue weighted by molar-refractivity contribution is -0.111. The van der Waals surface area contributed by atoms with Crippen molar-refractivity contribution in [2.45, 2.75) is 17.7 Å². The van der Waals surface area contributed by atoms with E-state index in [1.165, 1.54) is 21.7 Å². The average molecular weight is 474 g/mol. The Hall–Kier alpha value is -2.52. The number of rotatable bonds is 6. The van der Waals surface area contributed by atoms with Crippen LogP contribution in [0, 0.1) is 0 Å². The lowest BCUT2D eigenvalue weighted by atomic mass is 10.2. The second-order valence-corrected chi connectivity index (χ2v) is 10.3. The first-order valence-electron chi connectivity index (χ1n) is 9.72. The molecule has 0 unspecified atom stereocenters.